The van der Waals surface area contributed by atoms with Crippen molar-refractivity contribution in [3.63, 3.8) is 0 Å². The third-order valence-corrected chi connectivity index (χ3v) is 5.76. The molecule has 10 heteroatoms. The summed E-state index contributed by atoms with van der Waals surface area (Å²) >= 11 is 0. The van der Waals surface area contributed by atoms with Crippen molar-refractivity contribution in [1.82, 2.24) is 10.6 Å². The molecule has 2 atom stereocenters. The quantitative estimate of drug-likeness (QED) is 0.258. The van der Waals surface area contributed by atoms with Gasteiger partial charge in [-0.05, 0) is 12.5 Å². The number of hydrogen-bond donors (Lipinski definition) is 3. The van der Waals surface area contributed by atoms with Gasteiger partial charge in [-0.1, -0.05) is 51.9 Å². The number of rotatable bonds is 12. The second-order valence-corrected chi connectivity index (χ2v) is 8.25. The van der Waals surface area contributed by atoms with E-state index in [0.29, 0.717) is 0 Å². The topological polar surface area (TPSA) is 122 Å². The van der Waals surface area contributed by atoms with Gasteiger partial charge in [0, 0.05) is 18.4 Å². The van der Waals surface area contributed by atoms with E-state index in [1.165, 1.54) is 28.5 Å². The van der Waals surface area contributed by atoms with Crippen LogP contribution in [-0.4, -0.2) is 59.1 Å². The summed E-state index contributed by atoms with van der Waals surface area (Å²) in [4.78, 5) is 46.5. The van der Waals surface area contributed by atoms with Crippen LogP contribution < -0.4 is 10.6 Å². The predicted octanol–water partition coefficient (Wildman–Crippen LogP) is 1.25. The van der Waals surface area contributed by atoms with Crippen molar-refractivity contribution >= 4 is 45.3 Å². The summed E-state index contributed by atoms with van der Waals surface area (Å²) in [6.07, 6.45) is 0.0931. The zero-order valence-corrected chi connectivity index (χ0v) is 17.3. The molecule has 28 heavy (non-hydrogen) atoms. The molecule has 0 radical (unpaired) electrons. The zero-order chi connectivity index (χ0) is 20.9. The average molecular weight is 429 g/mol. The van der Waals surface area contributed by atoms with Crippen molar-refractivity contribution in [3.05, 3.63) is 35.9 Å². The Labute approximate surface area is 171 Å². The van der Waals surface area contributed by atoms with E-state index in [1.54, 1.807) is 31.2 Å². The van der Waals surface area contributed by atoms with Crippen LogP contribution in [0.1, 0.15) is 19.4 Å². The molecule has 0 aliphatic heterocycles. The molecule has 1 rings (SSSR count). The third-order valence-electron chi connectivity index (χ3n) is 3.34. The van der Waals surface area contributed by atoms with E-state index in [0.717, 1.165) is 5.56 Å². The summed E-state index contributed by atoms with van der Waals surface area (Å²) in [6, 6.07) is 7.15. The first-order valence-corrected chi connectivity index (χ1v) is 11.1. The molecule has 154 valence electrons. The van der Waals surface area contributed by atoms with Gasteiger partial charge in [-0.3, -0.25) is 9.59 Å². The van der Waals surface area contributed by atoms with Gasteiger partial charge in [-0.25, -0.2) is 9.59 Å². The Morgan fingerprint density at radius 3 is 2.18 bits per heavy atom. The maximum Gasteiger partial charge on any atom is 0.329 e. The van der Waals surface area contributed by atoms with Crippen LogP contribution in [0, 0.1) is 0 Å². The monoisotopic (exact) mass is 428 g/mol. The van der Waals surface area contributed by atoms with Crippen LogP contribution in [0.2, 0.25) is 0 Å². The molecule has 0 aliphatic carbocycles. The minimum Gasteiger partial charge on any atom is -0.480 e. The minimum atomic E-state index is -1.14. The number of carbonyl (C=O) groups excluding carboxylic acids is 3. The van der Waals surface area contributed by atoms with Gasteiger partial charge in [0.25, 0.3) is 0 Å². The predicted molar refractivity (Wildman–Crippen MR) is 109 cm³/mol. The van der Waals surface area contributed by atoms with Crippen LogP contribution in [0.5, 0.6) is 0 Å². The van der Waals surface area contributed by atoms with Gasteiger partial charge in [0.15, 0.2) is 0 Å². The normalized spacial score (nSPS) is 12.5. The van der Waals surface area contributed by atoms with Crippen molar-refractivity contribution in [2.24, 2.45) is 0 Å². The fraction of sp³-hybridized carbons (Fsp3) is 0.444. The molecule has 0 saturated carbocycles. The van der Waals surface area contributed by atoms with Crippen molar-refractivity contribution in [1.29, 1.82) is 0 Å². The standard InChI is InChI=1S/C18H24N2O6S2/c1-3-26-18(25)15(19-12(2)21)11-28-27-10-14(17(23)24)20-16(22)9-13-7-5-4-6-8-13/h4-8,14-15H,3,9-11H2,1-2H3,(H,19,21)(H,20,22)(H,23,24). The molecule has 0 heterocycles. The van der Waals surface area contributed by atoms with Crippen molar-refractivity contribution in [2.45, 2.75) is 32.4 Å². The first-order chi connectivity index (χ1) is 13.3. The van der Waals surface area contributed by atoms with Gasteiger partial charge in [-0.15, -0.1) is 0 Å². The number of carbonyl (C=O) groups is 4. The number of aliphatic carboxylic acids is 1. The molecule has 3 N–H and O–H groups in total. The van der Waals surface area contributed by atoms with Crippen LogP contribution >= 0.6 is 21.6 Å². The summed E-state index contributed by atoms with van der Waals surface area (Å²) in [5.74, 6) is -2.11. The lowest BCUT2D eigenvalue weighted by Gasteiger charge is -2.17. The fourth-order valence-electron chi connectivity index (χ4n) is 2.09. The van der Waals surface area contributed by atoms with Gasteiger partial charge in [-0.2, -0.15) is 0 Å². The van der Waals surface area contributed by atoms with Crippen LogP contribution in [0.15, 0.2) is 30.3 Å². The average Bonchev–Trinajstić information content (AvgIpc) is 2.63. The molecule has 2 unspecified atom stereocenters. The fourth-order valence-corrected chi connectivity index (χ4v) is 4.39. The van der Waals surface area contributed by atoms with E-state index >= 15 is 0 Å². The Morgan fingerprint density at radius 1 is 1.04 bits per heavy atom. The lowest BCUT2D eigenvalue weighted by molar-refractivity contribution is -0.146. The first-order valence-electron chi connectivity index (χ1n) is 8.57. The van der Waals surface area contributed by atoms with Gasteiger partial charge in [0.05, 0.1) is 13.0 Å². The molecule has 0 aromatic heterocycles. The summed E-state index contributed by atoms with van der Waals surface area (Å²) in [5, 5.41) is 14.3. The summed E-state index contributed by atoms with van der Waals surface area (Å²) in [5.41, 5.74) is 0.791. The highest BCUT2D eigenvalue weighted by atomic mass is 33.1. The van der Waals surface area contributed by atoms with Crippen LogP contribution in [0.3, 0.4) is 0 Å². The van der Waals surface area contributed by atoms with Gasteiger partial charge < -0.3 is 20.5 Å². The SMILES string of the molecule is CCOC(=O)C(CSSCC(NC(=O)Cc1ccccc1)C(=O)O)NC(C)=O. The highest BCUT2D eigenvalue weighted by molar-refractivity contribution is 8.76. The summed E-state index contributed by atoms with van der Waals surface area (Å²) in [6.45, 7) is 3.16. The molecular weight excluding hydrogens is 404 g/mol. The number of carboxylic acids is 1. The molecule has 0 aliphatic rings. The largest absolute Gasteiger partial charge is 0.480 e. The lowest BCUT2D eigenvalue weighted by atomic mass is 10.1. The number of nitrogens with one attached hydrogen (secondary N) is 2. The Morgan fingerprint density at radius 2 is 1.64 bits per heavy atom. The van der Waals surface area contributed by atoms with E-state index < -0.39 is 24.0 Å². The number of ether oxygens (including phenoxy) is 1. The number of benzene rings is 1. The zero-order valence-electron chi connectivity index (χ0n) is 15.7. The van der Waals surface area contributed by atoms with Gasteiger partial charge in [0.2, 0.25) is 11.8 Å². The Hall–Kier alpha value is -2.20. The molecule has 1 aromatic rings. The Kier molecular flexibility index (Phi) is 11.1. The molecule has 2 amide bonds. The summed E-state index contributed by atoms with van der Waals surface area (Å²) < 4.78 is 4.90. The molecule has 8 nitrogen and oxygen atoms in total. The van der Waals surface area contributed by atoms with E-state index in [2.05, 4.69) is 10.6 Å². The highest BCUT2D eigenvalue weighted by Crippen LogP contribution is 2.23. The van der Waals surface area contributed by atoms with Crippen molar-refractivity contribution in [2.75, 3.05) is 18.1 Å². The van der Waals surface area contributed by atoms with Crippen LogP contribution in [0.25, 0.3) is 0 Å². The second kappa shape index (κ2) is 13.1. The number of hydrogen-bond acceptors (Lipinski definition) is 7. The second-order valence-electron chi connectivity index (χ2n) is 5.69. The number of esters is 1. The smallest absolute Gasteiger partial charge is 0.329 e. The van der Waals surface area contributed by atoms with Gasteiger partial charge in [0.1, 0.15) is 12.1 Å². The maximum absolute atomic E-state index is 12.1. The maximum atomic E-state index is 12.1. The van der Waals surface area contributed by atoms with Crippen LogP contribution in [-0.2, 0) is 30.3 Å². The van der Waals surface area contributed by atoms with Crippen molar-refractivity contribution < 1.29 is 29.0 Å². The molecular formula is C18H24N2O6S2. The molecule has 0 spiro atoms. The molecule has 0 fully saturated rings. The van der Waals surface area contributed by atoms with E-state index in [1.807, 2.05) is 6.07 Å². The third kappa shape index (κ3) is 9.65. The Balaban J connectivity index is 2.47. The number of amides is 2. The van der Waals surface area contributed by atoms with E-state index in [4.69, 9.17) is 4.74 Å². The lowest BCUT2D eigenvalue weighted by Crippen LogP contribution is -2.43. The Bertz CT molecular complexity index is 671. The molecule has 1 aromatic carbocycles. The first kappa shape index (κ1) is 23.8. The van der Waals surface area contributed by atoms with Gasteiger partial charge >= 0.3 is 11.9 Å². The van der Waals surface area contributed by atoms with E-state index in [-0.39, 0.29) is 36.3 Å². The molecule has 0 saturated heterocycles. The highest BCUT2D eigenvalue weighted by Gasteiger charge is 2.23. The van der Waals surface area contributed by atoms with Crippen molar-refractivity contribution in [3.8, 4) is 0 Å². The minimum absolute atomic E-state index is 0.0931. The van der Waals surface area contributed by atoms with E-state index in [9.17, 15) is 24.3 Å². The summed E-state index contributed by atoms with van der Waals surface area (Å²) in [7, 11) is 2.41. The number of carboxylic acid groups (broad SMARTS) is 1. The van der Waals surface area contributed by atoms with Crippen LogP contribution in [0.4, 0.5) is 0 Å². The molecule has 0 bridgehead atoms.